The molecular formula is C49H28N6O2Pd2. The molecule has 0 aliphatic rings. The van der Waals surface area contributed by atoms with Gasteiger partial charge in [0.25, 0.3) is 0 Å². The molecule has 0 amide bonds. The van der Waals surface area contributed by atoms with Gasteiger partial charge >= 0.3 is 40.8 Å². The van der Waals surface area contributed by atoms with Crippen molar-refractivity contribution >= 4 is 21.8 Å². The Morgan fingerprint density at radius 3 is 1.34 bits per heavy atom. The van der Waals surface area contributed by atoms with Crippen LogP contribution in [0.5, 0.6) is 23.0 Å². The summed E-state index contributed by atoms with van der Waals surface area (Å²) in [6.45, 7) is 0. The fourth-order valence-corrected chi connectivity index (χ4v) is 6.87. The molecular weight excluding hydrogens is 917 g/mol. The van der Waals surface area contributed by atoms with E-state index < -0.39 is 0 Å². The number of pyridine rings is 2. The maximum atomic E-state index is 6.71. The molecule has 0 atom stereocenters. The van der Waals surface area contributed by atoms with Gasteiger partial charge in [-0.3, -0.25) is 0 Å². The average molecular weight is 946 g/mol. The van der Waals surface area contributed by atoms with Crippen molar-refractivity contribution in [3.8, 4) is 73.7 Å². The summed E-state index contributed by atoms with van der Waals surface area (Å²) in [5.41, 5.74) is 8.20. The van der Waals surface area contributed by atoms with Crippen LogP contribution < -0.4 is 9.47 Å². The first-order chi connectivity index (χ1) is 28.2. The molecule has 0 saturated carbocycles. The predicted octanol–water partition coefficient (Wildman–Crippen LogP) is 11.2. The van der Waals surface area contributed by atoms with Gasteiger partial charge < -0.3 is 24.0 Å². The Morgan fingerprint density at radius 2 is 0.898 bits per heavy atom. The van der Waals surface area contributed by atoms with Crippen molar-refractivity contribution in [2.24, 2.45) is 0 Å². The molecule has 286 valence electrons. The molecule has 0 fully saturated rings. The van der Waals surface area contributed by atoms with Gasteiger partial charge in [-0.2, -0.15) is 22.9 Å². The van der Waals surface area contributed by atoms with E-state index >= 15 is 0 Å². The molecule has 0 saturated heterocycles. The molecule has 4 aromatic heterocycles. The number of hydrogen-bond acceptors (Lipinski definition) is 7. The van der Waals surface area contributed by atoms with Crippen molar-refractivity contribution in [3.05, 3.63) is 195 Å². The van der Waals surface area contributed by atoms with Crippen molar-refractivity contribution in [1.82, 2.24) is 29.5 Å². The van der Waals surface area contributed by atoms with Gasteiger partial charge in [0.15, 0.2) is 0 Å². The van der Waals surface area contributed by atoms with E-state index in [9.17, 15) is 0 Å². The zero-order valence-electron chi connectivity index (χ0n) is 30.8. The van der Waals surface area contributed by atoms with Crippen LogP contribution in [0, 0.1) is 24.3 Å². The Balaban J connectivity index is 0.00000242. The van der Waals surface area contributed by atoms with Gasteiger partial charge in [0.05, 0.1) is 0 Å². The molecule has 0 unspecified atom stereocenters. The van der Waals surface area contributed by atoms with Crippen LogP contribution in [0.1, 0.15) is 0 Å². The van der Waals surface area contributed by atoms with Crippen LogP contribution in [0.2, 0.25) is 0 Å². The van der Waals surface area contributed by atoms with E-state index in [0.29, 0.717) is 40.0 Å². The Morgan fingerprint density at radius 1 is 0.441 bits per heavy atom. The number of ether oxygens (including phenoxy) is 2. The second kappa shape index (κ2) is 17.5. The Hall–Kier alpha value is -6.65. The largest absolute Gasteiger partial charge is 2.00 e. The van der Waals surface area contributed by atoms with E-state index in [4.69, 9.17) is 9.47 Å². The fraction of sp³-hybridized carbons (Fsp3) is 0. The summed E-state index contributed by atoms with van der Waals surface area (Å²) in [7, 11) is 0. The second-order valence-electron chi connectivity index (χ2n) is 13.0. The smallest absolute Gasteiger partial charge is 0.502 e. The Bertz CT molecular complexity index is 2820. The number of rotatable bonds is 9. The zero-order valence-corrected chi connectivity index (χ0v) is 33.9. The number of aromatic nitrogens is 6. The van der Waals surface area contributed by atoms with Crippen LogP contribution in [-0.2, 0) is 40.8 Å². The first kappa shape index (κ1) is 39.2. The molecule has 0 N–H and O–H groups in total. The van der Waals surface area contributed by atoms with Gasteiger partial charge in [-0.05, 0) is 23.5 Å². The molecule has 0 aliphatic carbocycles. The standard InChI is InChI=1S/C49H28N6O2.2Pd/c1-3-13-33(14-4-1)39-27-41-42-28-40(34-15-5-2-6-16-34)48(57-38-20-12-18-36(26-38)44-22-8-10-24-52-44)30-46(42)55(49-53-31-50-32-54-49)45(41)29-47(39)56-37-19-11-17-35(25-37)43-21-7-9-23-51-43;;/h1-24,27-28,31-32H;;/q-4;2*+2. The van der Waals surface area contributed by atoms with Crippen molar-refractivity contribution in [1.29, 1.82) is 0 Å². The molecule has 59 heavy (non-hydrogen) atoms. The van der Waals surface area contributed by atoms with Crippen LogP contribution in [-0.4, -0.2) is 29.5 Å². The summed E-state index contributed by atoms with van der Waals surface area (Å²) in [5, 5.41) is 1.79. The van der Waals surface area contributed by atoms with Gasteiger partial charge in [-0.1, -0.05) is 130 Å². The Labute approximate surface area is 367 Å². The second-order valence-corrected chi connectivity index (χ2v) is 13.0. The molecule has 10 rings (SSSR count). The first-order valence-electron chi connectivity index (χ1n) is 18.2. The zero-order chi connectivity index (χ0) is 38.0. The van der Waals surface area contributed by atoms with Gasteiger partial charge in [-0.25, -0.2) is 15.0 Å². The molecule has 8 nitrogen and oxygen atoms in total. The van der Waals surface area contributed by atoms with Crippen molar-refractivity contribution in [2.45, 2.75) is 0 Å². The third-order valence-electron chi connectivity index (χ3n) is 9.47. The maximum Gasteiger partial charge on any atom is 2.00 e. The average Bonchev–Trinajstić information content (AvgIpc) is 3.59. The number of nitrogens with zero attached hydrogens (tertiary/aromatic N) is 6. The summed E-state index contributed by atoms with van der Waals surface area (Å²) < 4.78 is 15.3. The SMILES string of the molecule is [Pd+2].[Pd+2].[c-]1c(Oc2[c-]c3c(cc2-c2ccccc2)c2cc(-c4ccccc4)c(Oc4[c-]c(-c5ccccn5)ccc4)[c-]c2n3-c2ncncn2)cccc1-c1ccccn1. The molecule has 0 aliphatic heterocycles. The van der Waals surface area contributed by atoms with Crippen LogP contribution in [0.15, 0.2) is 171 Å². The number of hydrogen-bond donors (Lipinski definition) is 0. The van der Waals surface area contributed by atoms with Gasteiger partial charge in [0.1, 0.15) is 12.7 Å². The van der Waals surface area contributed by atoms with Gasteiger partial charge in [0.2, 0.25) is 5.95 Å². The van der Waals surface area contributed by atoms with Gasteiger partial charge in [0, 0.05) is 35.4 Å². The normalized spacial score (nSPS) is 10.8. The molecule has 10 heteroatoms. The summed E-state index contributed by atoms with van der Waals surface area (Å²) in [6.07, 6.45) is 6.48. The minimum absolute atomic E-state index is 0. The third kappa shape index (κ3) is 7.96. The minimum atomic E-state index is 0. The predicted molar refractivity (Wildman–Crippen MR) is 220 cm³/mol. The summed E-state index contributed by atoms with van der Waals surface area (Å²) in [5.74, 6) is 2.43. The monoisotopic (exact) mass is 944 g/mol. The van der Waals surface area contributed by atoms with E-state index in [-0.39, 0.29) is 40.8 Å². The van der Waals surface area contributed by atoms with Crippen LogP contribution in [0.4, 0.5) is 0 Å². The maximum absolute atomic E-state index is 6.71. The summed E-state index contributed by atoms with van der Waals surface area (Å²) >= 11 is 0. The fourth-order valence-electron chi connectivity index (χ4n) is 6.87. The summed E-state index contributed by atoms with van der Waals surface area (Å²) in [6, 6.07) is 61.8. The minimum Gasteiger partial charge on any atom is -0.502 e. The van der Waals surface area contributed by atoms with Crippen molar-refractivity contribution in [3.63, 3.8) is 0 Å². The quantitative estimate of drug-likeness (QED) is 0.105. The van der Waals surface area contributed by atoms with E-state index in [1.165, 1.54) is 12.7 Å². The van der Waals surface area contributed by atoms with Gasteiger partial charge in [-0.15, -0.1) is 59.7 Å². The molecule has 6 aromatic carbocycles. The first-order valence-corrected chi connectivity index (χ1v) is 18.2. The molecule has 0 spiro atoms. The van der Waals surface area contributed by atoms with Crippen LogP contribution in [0.25, 0.3) is 72.5 Å². The molecule has 0 bridgehead atoms. The van der Waals surface area contributed by atoms with Crippen LogP contribution >= 0.6 is 0 Å². The number of benzene rings is 6. The Kier molecular flexibility index (Phi) is 11.6. The van der Waals surface area contributed by atoms with E-state index in [2.05, 4.69) is 85.6 Å². The van der Waals surface area contributed by atoms with E-state index in [0.717, 1.165) is 55.5 Å². The summed E-state index contributed by atoms with van der Waals surface area (Å²) in [4.78, 5) is 22.3. The van der Waals surface area contributed by atoms with Crippen molar-refractivity contribution < 1.29 is 50.3 Å². The van der Waals surface area contributed by atoms with E-state index in [1.54, 1.807) is 12.4 Å². The van der Waals surface area contributed by atoms with Crippen molar-refractivity contribution in [2.75, 3.05) is 0 Å². The van der Waals surface area contributed by atoms with E-state index in [1.807, 2.05) is 114 Å². The third-order valence-corrected chi connectivity index (χ3v) is 9.47. The molecule has 10 aromatic rings. The molecule has 4 heterocycles. The number of fused-ring (bicyclic) bond motifs is 3. The topological polar surface area (TPSA) is 87.8 Å². The molecule has 0 radical (unpaired) electrons. The van der Waals surface area contributed by atoms with Crippen LogP contribution in [0.3, 0.4) is 0 Å².